The van der Waals surface area contributed by atoms with Crippen LogP contribution in [-0.4, -0.2) is 0 Å². The summed E-state index contributed by atoms with van der Waals surface area (Å²) in [4.78, 5) is 2.37. The number of rotatable bonds is 5. The van der Waals surface area contributed by atoms with E-state index in [1.807, 2.05) is 0 Å². The molecule has 1 atom stereocenters. The summed E-state index contributed by atoms with van der Waals surface area (Å²) in [6, 6.07) is 77.1. The van der Waals surface area contributed by atoms with Gasteiger partial charge in [-0.05, 0) is 91.7 Å². The van der Waals surface area contributed by atoms with E-state index in [1.54, 1.807) is 0 Å². The van der Waals surface area contributed by atoms with Crippen LogP contribution in [0.1, 0.15) is 47.2 Å². The third-order valence-electron chi connectivity index (χ3n) is 12.6. The molecule has 1 aliphatic carbocycles. The minimum atomic E-state index is -0.647. The molecule has 0 fully saturated rings. The highest BCUT2D eigenvalue weighted by atomic mass is 16.5. The van der Waals surface area contributed by atoms with Crippen molar-refractivity contribution >= 4 is 27.8 Å². The lowest BCUT2D eigenvalue weighted by Gasteiger charge is -2.50. The van der Waals surface area contributed by atoms with Gasteiger partial charge in [-0.25, -0.2) is 0 Å². The summed E-state index contributed by atoms with van der Waals surface area (Å²) >= 11 is 0. The molecule has 1 aliphatic heterocycles. The van der Waals surface area contributed by atoms with Crippen LogP contribution in [0.3, 0.4) is 0 Å². The fourth-order valence-corrected chi connectivity index (χ4v) is 9.99. The second-order valence-electron chi connectivity index (χ2n) is 16.0. The Bertz CT molecular complexity index is 2900. The first kappa shape index (κ1) is 34.1. The molecule has 9 aromatic rings. The van der Waals surface area contributed by atoms with Crippen LogP contribution in [0.15, 0.2) is 212 Å². The number of benzene rings is 9. The second kappa shape index (κ2) is 13.2. The summed E-state index contributed by atoms with van der Waals surface area (Å²) in [5.74, 6) is 1.73. The molecule has 1 heterocycles. The molecule has 11 rings (SSSR count). The van der Waals surface area contributed by atoms with Gasteiger partial charge in [0.25, 0.3) is 0 Å². The minimum Gasteiger partial charge on any atom is -0.454 e. The minimum absolute atomic E-state index is 0.254. The summed E-state index contributed by atoms with van der Waals surface area (Å²) in [7, 11) is 0. The molecular formula is C56H41NO. The number of anilines is 3. The van der Waals surface area contributed by atoms with Crippen molar-refractivity contribution in [2.45, 2.75) is 24.7 Å². The summed E-state index contributed by atoms with van der Waals surface area (Å²) in [5.41, 5.74) is 14.5. The second-order valence-corrected chi connectivity index (χ2v) is 16.0. The van der Waals surface area contributed by atoms with E-state index in [4.69, 9.17) is 4.74 Å². The topological polar surface area (TPSA) is 12.5 Å². The molecule has 9 aromatic carbocycles. The van der Waals surface area contributed by atoms with E-state index in [-0.39, 0.29) is 5.41 Å². The van der Waals surface area contributed by atoms with E-state index in [0.29, 0.717) is 0 Å². The molecule has 1 unspecified atom stereocenters. The standard InChI is InChI=1S/C56H41NO/c1-55(2)46-22-11-12-23-47(46)56(49-37-32-42-20-9-10-21-45(42)53(49)55)48-24-13-14-27-52(48)58-54-50(56)25-15-26-51(54)57(43-33-28-40(29-34-43)38-16-5-3-6-17-38)44-35-30-41(31-36-44)39-18-7-4-8-19-39/h3-37H,1-2H3. The maximum Gasteiger partial charge on any atom is 0.156 e. The number of nitrogens with zero attached hydrogens (tertiary/aromatic N) is 1. The molecule has 0 bridgehead atoms. The van der Waals surface area contributed by atoms with Crippen LogP contribution in [-0.2, 0) is 10.8 Å². The van der Waals surface area contributed by atoms with Crippen LogP contribution in [0.4, 0.5) is 17.1 Å². The Morgan fingerprint density at radius 1 is 0.379 bits per heavy atom. The average molecular weight is 744 g/mol. The predicted octanol–water partition coefficient (Wildman–Crippen LogP) is 14.8. The quantitative estimate of drug-likeness (QED) is 0.174. The molecule has 0 amide bonds. The molecule has 0 saturated heterocycles. The van der Waals surface area contributed by atoms with Gasteiger partial charge in [0.15, 0.2) is 5.75 Å². The summed E-state index contributed by atoms with van der Waals surface area (Å²) in [6.07, 6.45) is 0. The molecule has 0 saturated carbocycles. The lowest BCUT2D eigenvalue weighted by atomic mass is 9.53. The normalized spacial score (nSPS) is 15.8. The van der Waals surface area contributed by atoms with Crippen LogP contribution >= 0.6 is 0 Å². The zero-order chi connectivity index (χ0) is 38.8. The molecule has 1 spiro atoms. The predicted molar refractivity (Wildman–Crippen MR) is 240 cm³/mol. The van der Waals surface area contributed by atoms with Gasteiger partial charge in [-0.3, -0.25) is 0 Å². The van der Waals surface area contributed by atoms with Crippen LogP contribution in [0, 0.1) is 0 Å². The molecule has 276 valence electrons. The Balaban J connectivity index is 1.19. The lowest BCUT2D eigenvalue weighted by molar-refractivity contribution is 0.427. The van der Waals surface area contributed by atoms with Crippen molar-refractivity contribution in [1.29, 1.82) is 0 Å². The van der Waals surface area contributed by atoms with Crippen LogP contribution < -0.4 is 9.64 Å². The van der Waals surface area contributed by atoms with Gasteiger partial charge in [0.1, 0.15) is 5.75 Å². The highest BCUT2D eigenvalue weighted by Crippen LogP contribution is 2.64. The maximum absolute atomic E-state index is 7.27. The van der Waals surface area contributed by atoms with Gasteiger partial charge in [-0.2, -0.15) is 0 Å². The highest BCUT2D eigenvalue weighted by Gasteiger charge is 2.53. The maximum atomic E-state index is 7.27. The number of para-hydroxylation sites is 2. The monoisotopic (exact) mass is 743 g/mol. The largest absolute Gasteiger partial charge is 0.454 e. The molecule has 58 heavy (non-hydrogen) atoms. The van der Waals surface area contributed by atoms with E-state index in [1.165, 1.54) is 55.3 Å². The van der Waals surface area contributed by atoms with E-state index >= 15 is 0 Å². The molecular weight excluding hydrogens is 703 g/mol. The van der Waals surface area contributed by atoms with E-state index in [0.717, 1.165) is 39.7 Å². The van der Waals surface area contributed by atoms with Gasteiger partial charge in [0, 0.05) is 27.9 Å². The fourth-order valence-electron chi connectivity index (χ4n) is 9.99. The first-order valence-electron chi connectivity index (χ1n) is 20.2. The van der Waals surface area contributed by atoms with Gasteiger partial charge in [0.05, 0.1) is 11.1 Å². The molecule has 0 aromatic heterocycles. The first-order chi connectivity index (χ1) is 28.5. The Morgan fingerprint density at radius 3 is 1.55 bits per heavy atom. The number of fused-ring (bicyclic) bond motifs is 10. The Hall–Kier alpha value is -7.16. The first-order valence-corrected chi connectivity index (χ1v) is 20.2. The highest BCUT2D eigenvalue weighted by molar-refractivity contribution is 5.93. The SMILES string of the molecule is CC1(C)c2ccccc2C2(c3ccccc3Oc3c(N(c4ccc(-c5ccccc5)cc4)c4ccc(-c5ccccc5)cc4)cccc32)c2ccc3ccccc3c21. The van der Waals surface area contributed by atoms with Gasteiger partial charge in [-0.15, -0.1) is 0 Å². The number of hydrogen-bond acceptors (Lipinski definition) is 2. The fraction of sp³-hybridized carbons (Fsp3) is 0.0714. The number of hydrogen-bond donors (Lipinski definition) is 0. The molecule has 0 N–H and O–H groups in total. The van der Waals surface area contributed by atoms with Crippen molar-refractivity contribution in [2.75, 3.05) is 4.90 Å². The van der Waals surface area contributed by atoms with E-state index < -0.39 is 5.41 Å². The lowest BCUT2D eigenvalue weighted by Crippen LogP contribution is -2.43. The summed E-state index contributed by atoms with van der Waals surface area (Å²) in [6.45, 7) is 4.79. The Labute approximate surface area is 340 Å². The van der Waals surface area contributed by atoms with Gasteiger partial charge < -0.3 is 9.64 Å². The van der Waals surface area contributed by atoms with Crippen molar-refractivity contribution in [3.63, 3.8) is 0 Å². The summed E-state index contributed by atoms with van der Waals surface area (Å²) in [5, 5.41) is 2.54. The van der Waals surface area contributed by atoms with E-state index in [9.17, 15) is 0 Å². The van der Waals surface area contributed by atoms with Crippen molar-refractivity contribution in [3.05, 3.63) is 246 Å². The van der Waals surface area contributed by atoms with Gasteiger partial charge in [-0.1, -0.05) is 190 Å². The molecule has 0 radical (unpaired) electrons. The molecule has 2 nitrogen and oxygen atoms in total. The van der Waals surface area contributed by atoms with Crippen LogP contribution in [0.2, 0.25) is 0 Å². The Morgan fingerprint density at radius 2 is 0.897 bits per heavy atom. The van der Waals surface area contributed by atoms with E-state index in [2.05, 4.69) is 231 Å². The van der Waals surface area contributed by atoms with Gasteiger partial charge >= 0.3 is 0 Å². The average Bonchev–Trinajstić information content (AvgIpc) is 3.29. The summed E-state index contributed by atoms with van der Waals surface area (Å²) < 4.78 is 7.27. The third kappa shape index (κ3) is 5.05. The van der Waals surface area contributed by atoms with Gasteiger partial charge in [0.2, 0.25) is 0 Å². The zero-order valence-electron chi connectivity index (χ0n) is 32.6. The third-order valence-corrected chi connectivity index (χ3v) is 12.6. The van der Waals surface area contributed by atoms with Crippen molar-refractivity contribution in [3.8, 4) is 33.8 Å². The zero-order valence-corrected chi connectivity index (χ0v) is 32.6. The smallest absolute Gasteiger partial charge is 0.156 e. The molecule has 2 aliphatic rings. The van der Waals surface area contributed by atoms with Crippen LogP contribution in [0.5, 0.6) is 11.5 Å². The van der Waals surface area contributed by atoms with Crippen molar-refractivity contribution in [2.24, 2.45) is 0 Å². The number of ether oxygens (including phenoxy) is 1. The van der Waals surface area contributed by atoms with Crippen LogP contribution in [0.25, 0.3) is 33.0 Å². The van der Waals surface area contributed by atoms with Crippen molar-refractivity contribution in [1.82, 2.24) is 0 Å². The van der Waals surface area contributed by atoms with Crippen molar-refractivity contribution < 1.29 is 4.74 Å². The molecule has 2 heteroatoms. The Kier molecular flexibility index (Phi) is 7.78.